The molecule has 0 fully saturated rings. The molecule has 6 heteroatoms. The van der Waals surface area contributed by atoms with E-state index in [-0.39, 0.29) is 21.1 Å². The Morgan fingerprint density at radius 3 is 2.82 bits per heavy atom. The number of nitrogens with one attached hydrogen (secondary N) is 1. The summed E-state index contributed by atoms with van der Waals surface area (Å²) in [7, 11) is 0. The monoisotopic (exact) mass is 349 g/mol. The zero-order valence-corrected chi connectivity index (χ0v) is 8.22. The molecule has 0 unspecified atom stereocenters. The number of imidazole rings is 1. The Kier molecular flexibility index (Phi) is 2.57. The van der Waals surface area contributed by atoms with Crippen molar-refractivity contribution in [3.05, 3.63) is 17.8 Å². The van der Waals surface area contributed by atoms with E-state index in [1.165, 1.54) is 12.7 Å². The minimum absolute atomic E-state index is 0. The average molecular weight is 350 g/mol. The van der Waals surface area contributed by atoms with Gasteiger partial charge in [0.15, 0.2) is 10.8 Å². The summed E-state index contributed by atoms with van der Waals surface area (Å²) >= 11 is 5.68. The molecule has 2 aromatic heterocycles. The minimum atomic E-state index is 0. The molecule has 2 aromatic rings. The smallest absolute Gasteiger partial charge is 0.182 e. The van der Waals surface area contributed by atoms with E-state index in [4.69, 9.17) is 11.6 Å². The van der Waals surface area contributed by atoms with Crippen LogP contribution in [0.25, 0.3) is 11.2 Å². The fourth-order valence-corrected chi connectivity index (χ4v) is 0.918. The van der Waals surface area contributed by atoms with Crippen LogP contribution in [0.1, 0.15) is 0 Å². The molecule has 0 radical (unpaired) electrons. The Balaban J connectivity index is 0.000000605. The van der Waals surface area contributed by atoms with Crippen molar-refractivity contribution in [2.75, 3.05) is 0 Å². The standard InChI is InChI=1S/C5H3ClN4.Pt/c6-4-3-5(9-1-7-3)10-2-8-4;/h1-2H,(H,7,8,9,10);. The number of aromatic nitrogens is 4. The first-order valence-corrected chi connectivity index (χ1v) is 3.05. The van der Waals surface area contributed by atoms with Gasteiger partial charge in [-0.05, 0) is 0 Å². The third-order valence-electron chi connectivity index (χ3n) is 1.18. The first-order chi connectivity index (χ1) is 4.88. The molecule has 0 bridgehead atoms. The number of nitrogens with zero attached hydrogens (tertiary/aromatic N) is 3. The molecule has 1 N–H and O–H groups in total. The Hall–Kier alpha value is -0.472. The minimum Gasteiger partial charge on any atom is -0.341 e. The first kappa shape index (κ1) is 8.62. The molecule has 4 nitrogen and oxygen atoms in total. The van der Waals surface area contributed by atoms with E-state index in [0.717, 1.165) is 0 Å². The van der Waals surface area contributed by atoms with Gasteiger partial charge in [0.2, 0.25) is 0 Å². The second kappa shape index (κ2) is 3.28. The Morgan fingerprint density at radius 2 is 2.09 bits per heavy atom. The molecule has 0 atom stereocenters. The van der Waals surface area contributed by atoms with Gasteiger partial charge < -0.3 is 4.98 Å². The van der Waals surface area contributed by atoms with Crippen LogP contribution in [0.5, 0.6) is 0 Å². The molecular formula is C5H3ClN4Pt. The summed E-state index contributed by atoms with van der Waals surface area (Å²) < 4.78 is 0. The maximum absolute atomic E-state index is 5.68. The molecule has 0 aliphatic rings. The van der Waals surface area contributed by atoms with Crippen LogP contribution in [0.2, 0.25) is 5.15 Å². The second-order valence-electron chi connectivity index (χ2n) is 1.77. The van der Waals surface area contributed by atoms with E-state index in [1.54, 1.807) is 0 Å². The van der Waals surface area contributed by atoms with E-state index < -0.39 is 0 Å². The van der Waals surface area contributed by atoms with Crippen LogP contribution in [0.3, 0.4) is 0 Å². The molecule has 11 heavy (non-hydrogen) atoms. The summed E-state index contributed by atoms with van der Waals surface area (Å²) in [5.41, 5.74) is 1.28. The van der Waals surface area contributed by atoms with Gasteiger partial charge in [0.05, 0.1) is 6.33 Å². The number of fused-ring (bicyclic) bond motifs is 1. The van der Waals surface area contributed by atoms with Gasteiger partial charge in [0.1, 0.15) is 11.8 Å². The fourth-order valence-electron chi connectivity index (χ4n) is 0.736. The van der Waals surface area contributed by atoms with Crippen molar-refractivity contribution in [2.45, 2.75) is 0 Å². The summed E-state index contributed by atoms with van der Waals surface area (Å²) in [6.45, 7) is 0. The molecule has 0 aromatic carbocycles. The third-order valence-corrected chi connectivity index (χ3v) is 1.46. The van der Waals surface area contributed by atoms with E-state index in [0.29, 0.717) is 16.3 Å². The van der Waals surface area contributed by atoms with Crippen molar-refractivity contribution in [2.24, 2.45) is 0 Å². The van der Waals surface area contributed by atoms with E-state index in [1.807, 2.05) is 0 Å². The Morgan fingerprint density at radius 1 is 1.27 bits per heavy atom. The van der Waals surface area contributed by atoms with Crippen LogP contribution < -0.4 is 0 Å². The predicted octanol–water partition coefficient (Wildman–Crippen LogP) is 1.00. The van der Waals surface area contributed by atoms with Crippen LogP contribution >= 0.6 is 11.6 Å². The molecule has 0 saturated heterocycles. The molecule has 0 spiro atoms. The van der Waals surface area contributed by atoms with Crippen molar-refractivity contribution in [3.63, 3.8) is 0 Å². The summed E-state index contributed by atoms with van der Waals surface area (Å²) in [6, 6.07) is 0. The molecule has 0 saturated carbocycles. The predicted molar refractivity (Wildman–Crippen MR) is 36.7 cm³/mol. The number of halogens is 1. The molecule has 60 valence electrons. The summed E-state index contributed by atoms with van der Waals surface area (Å²) in [6.07, 6.45) is 2.91. The van der Waals surface area contributed by atoms with Crippen molar-refractivity contribution < 1.29 is 21.1 Å². The van der Waals surface area contributed by atoms with Gasteiger partial charge in [-0.1, -0.05) is 11.6 Å². The summed E-state index contributed by atoms with van der Waals surface area (Å²) in [5.74, 6) is 0. The van der Waals surface area contributed by atoms with Crippen LogP contribution in [0.4, 0.5) is 0 Å². The van der Waals surface area contributed by atoms with Crippen molar-refractivity contribution >= 4 is 22.8 Å². The molecule has 0 aliphatic carbocycles. The van der Waals surface area contributed by atoms with Crippen LogP contribution in [-0.2, 0) is 21.1 Å². The number of aromatic amines is 1. The zero-order valence-electron chi connectivity index (χ0n) is 5.19. The van der Waals surface area contributed by atoms with Crippen LogP contribution in [-0.4, -0.2) is 19.9 Å². The van der Waals surface area contributed by atoms with Gasteiger partial charge in [0, 0.05) is 21.1 Å². The molecule has 2 heterocycles. The van der Waals surface area contributed by atoms with Gasteiger partial charge in [0.25, 0.3) is 0 Å². The first-order valence-electron chi connectivity index (χ1n) is 2.67. The van der Waals surface area contributed by atoms with Crippen molar-refractivity contribution in [3.8, 4) is 0 Å². The number of rotatable bonds is 0. The van der Waals surface area contributed by atoms with Crippen LogP contribution in [0, 0.1) is 0 Å². The van der Waals surface area contributed by atoms with Gasteiger partial charge in [-0.3, -0.25) is 0 Å². The number of hydrogen-bond acceptors (Lipinski definition) is 3. The maximum Gasteiger partial charge on any atom is 0.182 e. The Bertz CT molecular complexity index is 360. The fraction of sp³-hybridized carbons (Fsp3) is 0. The van der Waals surface area contributed by atoms with E-state index >= 15 is 0 Å². The maximum atomic E-state index is 5.68. The van der Waals surface area contributed by atoms with Gasteiger partial charge in [-0.15, -0.1) is 0 Å². The van der Waals surface area contributed by atoms with E-state index in [2.05, 4.69) is 19.9 Å². The zero-order chi connectivity index (χ0) is 6.97. The molecule has 2 rings (SSSR count). The molecule has 0 amide bonds. The van der Waals surface area contributed by atoms with Crippen molar-refractivity contribution in [1.29, 1.82) is 0 Å². The molecular weight excluding hydrogens is 347 g/mol. The summed E-state index contributed by atoms with van der Waals surface area (Å²) in [5, 5.41) is 0.405. The molecule has 0 aliphatic heterocycles. The second-order valence-corrected chi connectivity index (χ2v) is 2.12. The third kappa shape index (κ3) is 1.42. The average Bonchev–Trinajstić information content (AvgIpc) is 2.36. The van der Waals surface area contributed by atoms with Gasteiger partial charge in [-0.2, -0.15) is 0 Å². The largest absolute Gasteiger partial charge is 0.341 e. The quantitative estimate of drug-likeness (QED) is 0.722. The number of H-pyrrole nitrogens is 1. The number of hydrogen-bond donors (Lipinski definition) is 1. The Labute approximate surface area is 81.7 Å². The van der Waals surface area contributed by atoms with Gasteiger partial charge >= 0.3 is 0 Å². The normalized spacial score (nSPS) is 9.55. The summed E-state index contributed by atoms with van der Waals surface area (Å²) in [4.78, 5) is 14.3. The SMILES string of the molecule is Clc1ncnc2nc[nH]c12.[Pt]. The van der Waals surface area contributed by atoms with E-state index in [9.17, 15) is 0 Å². The van der Waals surface area contributed by atoms with Gasteiger partial charge in [-0.25, -0.2) is 15.0 Å². The topological polar surface area (TPSA) is 54.5 Å². The van der Waals surface area contributed by atoms with Crippen molar-refractivity contribution in [1.82, 2.24) is 19.9 Å². The van der Waals surface area contributed by atoms with Crippen LogP contribution in [0.15, 0.2) is 12.7 Å².